The molecule has 0 saturated carbocycles. The number of hydrogen-bond acceptors (Lipinski definition) is 3. The molecule has 0 fully saturated rings. The summed E-state index contributed by atoms with van der Waals surface area (Å²) in [6.45, 7) is 8.94. The number of ether oxygens (including phenoxy) is 1. The van der Waals surface area contributed by atoms with E-state index in [1.54, 1.807) is 6.92 Å². The molecule has 11 heavy (non-hydrogen) atoms. The zero-order valence-corrected chi connectivity index (χ0v) is 7.26. The van der Waals surface area contributed by atoms with Crippen LogP contribution in [0, 0.1) is 5.92 Å². The van der Waals surface area contributed by atoms with Crippen molar-refractivity contribution in [2.45, 2.75) is 27.0 Å². The summed E-state index contributed by atoms with van der Waals surface area (Å²) in [7, 11) is 0. The van der Waals surface area contributed by atoms with Gasteiger partial charge in [-0.2, -0.15) is 0 Å². The highest BCUT2D eigenvalue weighted by atomic mass is 16.6. The van der Waals surface area contributed by atoms with Gasteiger partial charge in [-0.3, -0.25) is 5.73 Å². The quantitative estimate of drug-likeness (QED) is 0.378. The summed E-state index contributed by atoms with van der Waals surface area (Å²) in [4.78, 5) is 11.0. The zero-order valence-electron chi connectivity index (χ0n) is 7.26. The highest BCUT2D eigenvalue weighted by Crippen LogP contribution is 2.08. The molecule has 64 valence electrons. The molecule has 0 aliphatic carbocycles. The van der Waals surface area contributed by atoms with Gasteiger partial charge < -0.3 is 4.74 Å². The Balaban J connectivity index is 3.94. The van der Waals surface area contributed by atoms with Crippen molar-refractivity contribution < 1.29 is 9.53 Å². The molecule has 1 atom stereocenters. The number of carbonyl (C=O) groups is 1. The van der Waals surface area contributed by atoms with Crippen LogP contribution in [0.3, 0.4) is 0 Å². The molecule has 0 aromatic rings. The lowest BCUT2D eigenvalue weighted by Gasteiger charge is -2.11. The Morgan fingerprint density at radius 3 is 2.18 bits per heavy atom. The van der Waals surface area contributed by atoms with Gasteiger partial charge in [0, 0.05) is 5.57 Å². The third-order valence-electron chi connectivity index (χ3n) is 1.25. The van der Waals surface area contributed by atoms with E-state index in [-0.39, 0.29) is 5.92 Å². The van der Waals surface area contributed by atoms with E-state index in [9.17, 15) is 4.79 Å². The summed E-state index contributed by atoms with van der Waals surface area (Å²) in [5.41, 5.74) is 5.71. The first kappa shape index (κ1) is 10.2. The molecule has 0 rings (SSSR count). The molecule has 0 saturated heterocycles. The van der Waals surface area contributed by atoms with Crippen molar-refractivity contribution in [1.29, 1.82) is 0 Å². The third-order valence-corrected chi connectivity index (χ3v) is 1.25. The molecule has 0 aliphatic heterocycles. The predicted octanol–water partition coefficient (Wildman–Crippen LogP) is 1.05. The molecule has 0 spiro atoms. The molecule has 0 aromatic heterocycles. The van der Waals surface area contributed by atoms with Gasteiger partial charge in [0.1, 0.15) is 6.23 Å². The Hall–Kier alpha value is -0.830. The summed E-state index contributed by atoms with van der Waals surface area (Å²) < 4.78 is 4.71. The van der Waals surface area contributed by atoms with Gasteiger partial charge in [-0.1, -0.05) is 20.4 Å². The van der Waals surface area contributed by atoms with E-state index in [1.807, 2.05) is 13.8 Å². The second-order valence-electron chi connectivity index (χ2n) is 2.79. The number of rotatable bonds is 3. The van der Waals surface area contributed by atoms with Gasteiger partial charge in [-0.25, -0.2) is 4.79 Å². The smallest absolute Gasteiger partial charge is 0.335 e. The van der Waals surface area contributed by atoms with Crippen LogP contribution in [0.4, 0.5) is 0 Å². The molecule has 1 unspecified atom stereocenters. The van der Waals surface area contributed by atoms with Crippen LogP contribution in [0.2, 0.25) is 0 Å². The highest BCUT2D eigenvalue weighted by molar-refractivity contribution is 5.88. The normalized spacial score (nSPS) is 12.8. The van der Waals surface area contributed by atoms with Crippen LogP contribution in [-0.2, 0) is 9.53 Å². The van der Waals surface area contributed by atoms with E-state index in [2.05, 4.69) is 6.58 Å². The number of nitrogens with two attached hydrogens (primary N) is 1. The molecule has 0 bridgehead atoms. The average molecular weight is 157 g/mol. The SMILES string of the molecule is C=C(C(=O)OC(C)N)C(C)C. The number of carbonyl (C=O) groups excluding carboxylic acids is 1. The van der Waals surface area contributed by atoms with Crippen LogP contribution in [0.15, 0.2) is 12.2 Å². The molecule has 3 heteroatoms. The monoisotopic (exact) mass is 157 g/mol. The largest absolute Gasteiger partial charge is 0.444 e. The first-order valence-electron chi connectivity index (χ1n) is 3.60. The van der Waals surface area contributed by atoms with Gasteiger partial charge in [-0.05, 0) is 12.8 Å². The van der Waals surface area contributed by atoms with Crippen molar-refractivity contribution in [3.05, 3.63) is 12.2 Å². The second-order valence-corrected chi connectivity index (χ2v) is 2.79. The number of esters is 1. The van der Waals surface area contributed by atoms with E-state index in [0.717, 1.165) is 0 Å². The lowest BCUT2D eigenvalue weighted by atomic mass is 10.1. The third kappa shape index (κ3) is 3.78. The standard InChI is InChI=1S/C8H15NO2/c1-5(2)6(3)8(10)11-7(4)9/h5,7H,3,9H2,1-2,4H3. The van der Waals surface area contributed by atoms with Crippen molar-refractivity contribution >= 4 is 5.97 Å². The van der Waals surface area contributed by atoms with E-state index in [0.29, 0.717) is 5.57 Å². The molecule has 2 N–H and O–H groups in total. The first-order chi connectivity index (χ1) is 4.95. The Morgan fingerprint density at radius 1 is 1.45 bits per heavy atom. The molecule has 0 radical (unpaired) electrons. The van der Waals surface area contributed by atoms with Crippen molar-refractivity contribution in [3.63, 3.8) is 0 Å². The fourth-order valence-corrected chi connectivity index (χ4v) is 0.480. The minimum Gasteiger partial charge on any atom is -0.444 e. The lowest BCUT2D eigenvalue weighted by Crippen LogP contribution is -2.25. The maximum atomic E-state index is 11.0. The zero-order chi connectivity index (χ0) is 9.02. The fraction of sp³-hybridized carbons (Fsp3) is 0.625. The van der Waals surface area contributed by atoms with Crippen molar-refractivity contribution in [2.24, 2.45) is 11.7 Å². The van der Waals surface area contributed by atoms with Crippen molar-refractivity contribution in [3.8, 4) is 0 Å². The Morgan fingerprint density at radius 2 is 1.91 bits per heavy atom. The predicted molar refractivity (Wildman–Crippen MR) is 43.7 cm³/mol. The van der Waals surface area contributed by atoms with E-state index < -0.39 is 12.2 Å². The summed E-state index contributed by atoms with van der Waals surface area (Å²) in [5, 5.41) is 0. The average Bonchev–Trinajstić information content (AvgIpc) is 1.84. The maximum absolute atomic E-state index is 11.0. The molecule has 0 heterocycles. The molecule has 3 nitrogen and oxygen atoms in total. The van der Waals surface area contributed by atoms with E-state index in [1.165, 1.54) is 0 Å². The summed E-state index contributed by atoms with van der Waals surface area (Å²) in [5.74, 6) is -0.295. The number of hydrogen-bond donors (Lipinski definition) is 1. The fourth-order valence-electron chi connectivity index (χ4n) is 0.480. The van der Waals surface area contributed by atoms with Gasteiger partial charge in [-0.15, -0.1) is 0 Å². The summed E-state index contributed by atoms with van der Waals surface area (Å²) in [6.07, 6.45) is -0.557. The molecule has 0 amide bonds. The van der Waals surface area contributed by atoms with Crippen LogP contribution >= 0.6 is 0 Å². The Bertz CT molecular complexity index is 161. The van der Waals surface area contributed by atoms with Crippen molar-refractivity contribution in [2.75, 3.05) is 0 Å². The van der Waals surface area contributed by atoms with Gasteiger partial charge in [0.05, 0.1) is 0 Å². The molecule has 0 aliphatic rings. The van der Waals surface area contributed by atoms with E-state index >= 15 is 0 Å². The van der Waals surface area contributed by atoms with Gasteiger partial charge in [0.2, 0.25) is 0 Å². The van der Waals surface area contributed by atoms with Gasteiger partial charge >= 0.3 is 5.97 Å². The molecular formula is C8H15NO2. The highest BCUT2D eigenvalue weighted by Gasteiger charge is 2.12. The van der Waals surface area contributed by atoms with Crippen LogP contribution in [0.25, 0.3) is 0 Å². The van der Waals surface area contributed by atoms with Gasteiger partial charge in [0.15, 0.2) is 0 Å². The summed E-state index contributed by atoms with van der Waals surface area (Å²) in [6, 6.07) is 0. The summed E-state index contributed by atoms with van der Waals surface area (Å²) >= 11 is 0. The minimum absolute atomic E-state index is 0.112. The maximum Gasteiger partial charge on any atom is 0.335 e. The van der Waals surface area contributed by atoms with Crippen LogP contribution in [0.1, 0.15) is 20.8 Å². The van der Waals surface area contributed by atoms with Gasteiger partial charge in [0.25, 0.3) is 0 Å². The van der Waals surface area contributed by atoms with E-state index in [4.69, 9.17) is 10.5 Å². The van der Waals surface area contributed by atoms with Crippen LogP contribution in [0.5, 0.6) is 0 Å². The topological polar surface area (TPSA) is 52.3 Å². The molecular weight excluding hydrogens is 142 g/mol. The Labute approximate surface area is 67.2 Å². The minimum atomic E-state index is -0.557. The second kappa shape index (κ2) is 4.13. The lowest BCUT2D eigenvalue weighted by molar-refractivity contribution is -0.143. The van der Waals surface area contributed by atoms with Crippen LogP contribution < -0.4 is 5.73 Å². The first-order valence-corrected chi connectivity index (χ1v) is 3.60. The Kier molecular flexibility index (Phi) is 3.82. The van der Waals surface area contributed by atoms with Crippen molar-refractivity contribution in [1.82, 2.24) is 0 Å². The molecule has 0 aromatic carbocycles. The van der Waals surface area contributed by atoms with Crippen LogP contribution in [-0.4, -0.2) is 12.2 Å².